The highest BCUT2D eigenvalue weighted by atomic mass is 19.4. The summed E-state index contributed by atoms with van der Waals surface area (Å²) < 4.78 is 38.1. The normalized spacial score (nSPS) is 11.6. The van der Waals surface area contributed by atoms with Gasteiger partial charge in [0.05, 0.1) is 12.2 Å². The van der Waals surface area contributed by atoms with Gasteiger partial charge < -0.3 is 15.7 Å². The van der Waals surface area contributed by atoms with Crippen molar-refractivity contribution in [1.82, 2.24) is 0 Å². The number of alkyl halides is 3. The molecular weight excluding hydrogens is 245 g/mol. The molecule has 18 heavy (non-hydrogen) atoms. The van der Waals surface area contributed by atoms with Gasteiger partial charge in [0.25, 0.3) is 0 Å². The zero-order valence-electron chi connectivity index (χ0n) is 10.2. The fourth-order valence-corrected chi connectivity index (χ4v) is 1.75. The zero-order valence-corrected chi connectivity index (χ0v) is 10.2. The minimum atomic E-state index is -4.46. The first-order valence-corrected chi connectivity index (χ1v) is 5.72. The van der Waals surface area contributed by atoms with Gasteiger partial charge in [-0.25, -0.2) is 0 Å². The van der Waals surface area contributed by atoms with Crippen LogP contribution in [0.4, 0.5) is 24.5 Å². The molecule has 0 unspecified atom stereocenters. The maximum atomic E-state index is 12.7. The van der Waals surface area contributed by atoms with Crippen LogP contribution in [0.3, 0.4) is 0 Å². The molecule has 3 N–H and O–H groups in total. The number of hydrogen-bond acceptors (Lipinski definition) is 3. The van der Waals surface area contributed by atoms with E-state index in [1.807, 2.05) is 6.92 Å². The van der Waals surface area contributed by atoms with Crippen LogP contribution in [0.25, 0.3) is 0 Å². The SMILES string of the molecule is CCCN(CCO)c1ccc(N)c(C(F)(F)F)c1. The summed E-state index contributed by atoms with van der Waals surface area (Å²) in [7, 11) is 0. The predicted molar refractivity (Wildman–Crippen MR) is 65.4 cm³/mol. The molecule has 1 aromatic carbocycles. The highest BCUT2D eigenvalue weighted by Gasteiger charge is 2.33. The molecule has 0 saturated carbocycles. The highest BCUT2D eigenvalue weighted by molar-refractivity contribution is 5.59. The van der Waals surface area contributed by atoms with Crippen LogP contribution in [0.5, 0.6) is 0 Å². The average Bonchev–Trinajstić information content (AvgIpc) is 2.28. The summed E-state index contributed by atoms with van der Waals surface area (Å²) in [6.45, 7) is 2.70. The van der Waals surface area contributed by atoms with Gasteiger partial charge in [-0.3, -0.25) is 0 Å². The molecule has 0 aromatic heterocycles. The Morgan fingerprint density at radius 2 is 1.94 bits per heavy atom. The molecule has 0 amide bonds. The van der Waals surface area contributed by atoms with E-state index in [0.29, 0.717) is 18.8 Å². The molecule has 0 spiro atoms. The van der Waals surface area contributed by atoms with Gasteiger partial charge in [0, 0.05) is 24.5 Å². The highest BCUT2D eigenvalue weighted by Crippen LogP contribution is 2.35. The largest absolute Gasteiger partial charge is 0.418 e. The number of aliphatic hydroxyl groups excluding tert-OH is 1. The fourth-order valence-electron chi connectivity index (χ4n) is 1.75. The first kappa shape index (κ1) is 14.6. The van der Waals surface area contributed by atoms with Gasteiger partial charge in [0.1, 0.15) is 0 Å². The van der Waals surface area contributed by atoms with Crippen LogP contribution in [0, 0.1) is 0 Å². The Balaban J connectivity index is 3.09. The Labute approximate surface area is 104 Å². The molecule has 102 valence electrons. The Morgan fingerprint density at radius 1 is 1.28 bits per heavy atom. The summed E-state index contributed by atoms with van der Waals surface area (Å²) in [6, 6.07) is 3.81. The number of aliphatic hydroxyl groups is 1. The molecule has 0 aliphatic carbocycles. The van der Waals surface area contributed by atoms with Crippen LogP contribution in [0.2, 0.25) is 0 Å². The molecule has 0 bridgehead atoms. The molecule has 0 aliphatic heterocycles. The lowest BCUT2D eigenvalue weighted by Gasteiger charge is -2.24. The topological polar surface area (TPSA) is 49.5 Å². The van der Waals surface area contributed by atoms with E-state index >= 15 is 0 Å². The first-order valence-electron chi connectivity index (χ1n) is 5.72. The van der Waals surface area contributed by atoms with Crippen molar-refractivity contribution < 1.29 is 18.3 Å². The second kappa shape index (κ2) is 5.95. The molecule has 0 heterocycles. The van der Waals surface area contributed by atoms with E-state index in [1.165, 1.54) is 12.1 Å². The van der Waals surface area contributed by atoms with E-state index in [1.54, 1.807) is 4.90 Å². The van der Waals surface area contributed by atoms with Crippen molar-refractivity contribution >= 4 is 11.4 Å². The lowest BCUT2D eigenvalue weighted by Crippen LogP contribution is -2.27. The zero-order chi connectivity index (χ0) is 13.8. The van der Waals surface area contributed by atoms with Crippen LogP contribution < -0.4 is 10.6 Å². The summed E-state index contributed by atoms with van der Waals surface area (Å²) in [5.74, 6) is 0. The van der Waals surface area contributed by atoms with Crippen LogP contribution in [0.15, 0.2) is 18.2 Å². The number of rotatable bonds is 5. The van der Waals surface area contributed by atoms with Crippen LogP contribution in [0.1, 0.15) is 18.9 Å². The number of halogens is 3. The van der Waals surface area contributed by atoms with Gasteiger partial charge in [0.15, 0.2) is 0 Å². The van der Waals surface area contributed by atoms with Gasteiger partial charge in [-0.15, -0.1) is 0 Å². The van der Waals surface area contributed by atoms with Crippen molar-refractivity contribution in [3.8, 4) is 0 Å². The third-order valence-corrected chi connectivity index (χ3v) is 2.57. The molecule has 3 nitrogen and oxygen atoms in total. The quantitative estimate of drug-likeness (QED) is 0.801. The van der Waals surface area contributed by atoms with Gasteiger partial charge in [0.2, 0.25) is 0 Å². The van der Waals surface area contributed by atoms with Crippen molar-refractivity contribution in [2.75, 3.05) is 30.3 Å². The number of hydrogen-bond donors (Lipinski definition) is 2. The summed E-state index contributed by atoms with van der Waals surface area (Å²) in [5.41, 5.74) is 4.64. The lowest BCUT2D eigenvalue weighted by molar-refractivity contribution is -0.136. The molecule has 0 fully saturated rings. The van der Waals surface area contributed by atoms with E-state index in [9.17, 15) is 13.2 Å². The second-order valence-corrected chi connectivity index (χ2v) is 3.98. The Morgan fingerprint density at radius 3 is 2.44 bits per heavy atom. The second-order valence-electron chi connectivity index (χ2n) is 3.98. The molecule has 0 radical (unpaired) electrons. The molecule has 1 aromatic rings. The number of benzene rings is 1. The fraction of sp³-hybridized carbons (Fsp3) is 0.500. The van der Waals surface area contributed by atoms with Gasteiger partial charge in [-0.1, -0.05) is 6.92 Å². The summed E-state index contributed by atoms with van der Waals surface area (Å²) in [5, 5.41) is 8.92. The third kappa shape index (κ3) is 3.53. The number of nitrogens with two attached hydrogens (primary N) is 1. The Kier molecular flexibility index (Phi) is 4.84. The maximum absolute atomic E-state index is 12.7. The summed E-state index contributed by atoms with van der Waals surface area (Å²) >= 11 is 0. The van der Waals surface area contributed by atoms with Gasteiger partial charge in [-0.2, -0.15) is 13.2 Å². The monoisotopic (exact) mass is 262 g/mol. The Hall–Kier alpha value is -1.43. The molecule has 0 aliphatic rings. The molecule has 6 heteroatoms. The smallest absolute Gasteiger partial charge is 0.398 e. The van der Waals surface area contributed by atoms with E-state index in [2.05, 4.69) is 0 Å². The minimum absolute atomic E-state index is 0.105. The Bertz CT molecular complexity index is 387. The summed E-state index contributed by atoms with van der Waals surface area (Å²) in [6.07, 6.45) is -3.68. The van der Waals surface area contributed by atoms with Crippen molar-refractivity contribution in [2.24, 2.45) is 0 Å². The first-order chi connectivity index (χ1) is 8.40. The molecular formula is C12H17F3N2O. The van der Waals surface area contributed by atoms with Crippen molar-refractivity contribution in [3.63, 3.8) is 0 Å². The van der Waals surface area contributed by atoms with Crippen molar-refractivity contribution in [2.45, 2.75) is 19.5 Å². The van der Waals surface area contributed by atoms with E-state index in [0.717, 1.165) is 12.5 Å². The molecule has 1 rings (SSSR count). The van der Waals surface area contributed by atoms with Crippen LogP contribution >= 0.6 is 0 Å². The van der Waals surface area contributed by atoms with Gasteiger partial charge in [-0.05, 0) is 24.6 Å². The maximum Gasteiger partial charge on any atom is 0.418 e. The third-order valence-electron chi connectivity index (χ3n) is 2.57. The summed E-state index contributed by atoms with van der Waals surface area (Å²) in [4.78, 5) is 1.70. The van der Waals surface area contributed by atoms with Crippen molar-refractivity contribution in [3.05, 3.63) is 23.8 Å². The molecule has 0 atom stereocenters. The number of nitrogen functional groups attached to an aromatic ring is 1. The van der Waals surface area contributed by atoms with Crippen molar-refractivity contribution in [1.29, 1.82) is 0 Å². The average molecular weight is 262 g/mol. The van der Waals surface area contributed by atoms with Crippen LogP contribution in [-0.4, -0.2) is 24.8 Å². The van der Waals surface area contributed by atoms with E-state index in [4.69, 9.17) is 10.8 Å². The predicted octanol–water partition coefficient (Wildman–Crippen LogP) is 2.50. The number of anilines is 2. The lowest BCUT2D eigenvalue weighted by atomic mass is 10.1. The number of nitrogens with zero attached hydrogens (tertiary/aromatic N) is 1. The van der Waals surface area contributed by atoms with Gasteiger partial charge >= 0.3 is 6.18 Å². The van der Waals surface area contributed by atoms with E-state index < -0.39 is 11.7 Å². The van der Waals surface area contributed by atoms with Crippen LogP contribution in [-0.2, 0) is 6.18 Å². The standard InChI is InChI=1S/C12H17F3N2O/c1-2-5-17(6-7-18)9-3-4-11(16)10(8-9)12(13,14)15/h3-4,8,18H,2,5-7,16H2,1H3. The van der Waals surface area contributed by atoms with E-state index in [-0.39, 0.29) is 12.3 Å². The minimum Gasteiger partial charge on any atom is -0.398 e. The molecule has 0 saturated heterocycles.